The molecule has 0 saturated carbocycles. The van der Waals surface area contributed by atoms with Crippen LogP contribution in [-0.2, 0) is 12.8 Å². The first kappa shape index (κ1) is 13.2. The van der Waals surface area contributed by atoms with Gasteiger partial charge in [-0.2, -0.15) is 0 Å². The third-order valence-corrected chi connectivity index (χ3v) is 3.96. The van der Waals surface area contributed by atoms with Crippen molar-refractivity contribution in [2.45, 2.75) is 38.6 Å². The first-order valence-electron chi connectivity index (χ1n) is 7.38. The molecule has 0 heterocycles. The van der Waals surface area contributed by atoms with Gasteiger partial charge in [-0.25, -0.2) is 0 Å². The summed E-state index contributed by atoms with van der Waals surface area (Å²) < 4.78 is 6.06. The van der Waals surface area contributed by atoms with Gasteiger partial charge in [0, 0.05) is 11.6 Å². The maximum Gasteiger partial charge on any atom is 0.132 e. The van der Waals surface area contributed by atoms with Gasteiger partial charge < -0.3 is 10.5 Å². The van der Waals surface area contributed by atoms with Crippen molar-refractivity contribution in [1.29, 1.82) is 0 Å². The van der Waals surface area contributed by atoms with Gasteiger partial charge >= 0.3 is 0 Å². The molecule has 0 amide bonds. The molecule has 0 saturated heterocycles. The normalized spacial score (nSPS) is 15.5. The SMILES string of the molecule is CC(N)c1ccccc1Oc1ccc2c(c1)CCCC2. The summed E-state index contributed by atoms with van der Waals surface area (Å²) in [5.74, 6) is 1.78. The summed E-state index contributed by atoms with van der Waals surface area (Å²) in [5, 5.41) is 0. The minimum atomic E-state index is -0.0242. The maximum absolute atomic E-state index is 6.06. The molecule has 3 rings (SSSR count). The van der Waals surface area contributed by atoms with Crippen molar-refractivity contribution in [2.75, 3.05) is 0 Å². The Morgan fingerprint density at radius 1 is 1.00 bits per heavy atom. The largest absolute Gasteiger partial charge is 0.457 e. The molecular formula is C18H21NO. The van der Waals surface area contributed by atoms with E-state index in [2.05, 4.69) is 18.2 Å². The monoisotopic (exact) mass is 267 g/mol. The summed E-state index contributed by atoms with van der Waals surface area (Å²) >= 11 is 0. The van der Waals surface area contributed by atoms with Gasteiger partial charge in [-0.05, 0) is 61.9 Å². The third kappa shape index (κ3) is 2.70. The summed E-state index contributed by atoms with van der Waals surface area (Å²) in [6.07, 6.45) is 4.96. The molecule has 0 aromatic heterocycles. The van der Waals surface area contributed by atoms with E-state index in [-0.39, 0.29) is 6.04 Å². The van der Waals surface area contributed by atoms with E-state index in [0.29, 0.717) is 0 Å². The molecule has 2 N–H and O–H groups in total. The summed E-state index contributed by atoms with van der Waals surface area (Å²) in [4.78, 5) is 0. The highest BCUT2D eigenvalue weighted by Crippen LogP contribution is 2.31. The number of hydrogen-bond donors (Lipinski definition) is 1. The quantitative estimate of drug-likeness (QED) is 0.895. The van der Waals surface area contributed by atoms with Gasteiger partial charge in [0.1, 0.15) is 11.5 Å². The van der Waals surface area contributed by atoms with Gasteiger partial charge in [-0.15, -0.1) is 0 Å². The summed E-state index contributed by atoms with van der Waals surface area (Å²) in [6.45, 7) is 1.98. The van der Waals surface area contributed by atoms with Crippen LogP contribution in [0.3, 0.4) is 0 Å². The zero-order valence-corrected chi connectivity index (χ0v) is 11.9. The molecule has 104 valence electrons. The lowest BCUT2D eigenvalue weighted by atomic mass is 9.92. The lowest BCUT2D eigenvalue weighted by Crippen LogP contribution is -2.07. The smallest absolute Gasteiger partial charge is 0.132 e. The van der Waals surface area contributed by atoms with E-state index in [1.807, 2.05) is 31.2 Å². The first-order chi connectivity index (χ1) is 9.74. The fourth-order valence-electron chi connectivity index (χ4n) is 2.85. The Morgan fingerprint density at radius 3 is 2.55 bits per heavy atom. The standard InChI is InChI=1S/C18H21NO/c1-13(19)17-8-4-5-9-18(17)20-16-11-10-14-6-2-3-7-15(14)12-16/h4-5,8-13H,2-3,6-7,19H2,1H3. The molecule has 1 aliphatic carbocycles. The van der Waals surface area contributed by atoms with Crippen LogP contribution in [-0.4, -0.2) is 0 Å². The van der Waals surface area contributed by atoms with Crippen molar-refractivity contribution >= 4 is 0 Å². The van der Waals surface area contributed by atoms with E-state index in [9.17, 15) is 0 Å². The molecule has 1 atom stereocenters. The van der Waals surface area contributed by atoms with Gasteiger partial charge in [0.25, 0.3) is 0 Å². The van der Waals surface area contributed by atoms with Crippen molar-refractivity contribution in [2.24, 2.45) is 5.73 Å². The molecule has 1 unspecified atom stereocenters. The number of nitrogens with two attached hydrogens (primary N) is 1. The lowest BCUT2D eigenvalue weighted by molar-refractivity contribution is 0.470. The first-order valence-corrected chi connectivity index (χ1v) is 7.38. The van der Waals surface area contributed by atoms with E-state index in [1.54, 1.807) is 0 Å². The highest BCUT2D eigenvalue weighted by molar-refractivity contribution is 5.42. The molecule has 2 heteroatoms. The molecule has 1 aliphatic rings. The molecular weight excluding hydrogens is 246 g/mol. The van der Waals surface area contributed by atoms with Crippen LogP contribution in [0.15, 0.2) is 42.5 Å². The number of fused-ring (bicyclic) bond motifs is 1. The summed E-state index contributed by atoms with van der Waals surface area (Å²) in [5.41, 5.74) is 9.96. The second kappa shape index (κ2) is 5.68. The van der Waals surface area contributed by atoms with Crippen LogP contribution < -0.4 is 10.5 Å². The topological polar surface area (TPSA) is 35.2 Å². The number of aryl methyl sites for hydroxylation is 2. The van der Waals surface area contributed by atoms with Crippen LogP contribution in [0.5, 0.6) is 11.5 Å². The Labute approximate surface area is 120 Å². The van der Waals surface area contributed by atoms with Gasteiger partial charge in [-0.1, -0.05) is 24.3 Å². The average molecular weight is 267 g/mol. The average Bonchev–Trinajstić information content (AvgIpc) is 2.47. The highest BCUT2D eigenvalue weighted by atomic mass is 16.5. The van der Waals surface area contributed by atoms with Crippen molar-refractivity contribution in [1.82, 2.24) is 0 Å². The minimum Gasteiger partial charge on any atom is -0.457 e. The van der Waals surface area contributed by atoms with E-state index in [4.69, 9.17) is 10.5 Å². The van der Waals surface area contributed by atoms with Crippen LogP contribution in [0.4, 0.5) is 0 Å². The molecule has 0 spiro atoms. The number of hydrogen-bond acceptors (Lipinski definition) is 2. The second-order valence-electron chi connectivity index (χ2n) is 5.57. The van der Waals surface area contributed by atoms with Crippen molar-refractivity contribution < 1.29 is 4.74 Å². The molecule has 2 aromatic rings. The molecule has 0 radical (unpaired) electrons. The van der Waals surface area contributed by atoms with Gasteiger partial charge in [0.05, 0.1) is 0 Å². The lowest BCUT2D eigenvalue weighted by Gasteiger charge is -2.18. The minimum absolute atomic E-state index is 0.0242. The van der Waals surface area contributed by atoms with E-state index < -0.39 is 0 Å². The maximum atomic E-state index is 6.06. The number of benzene rings is 2. The molecule has 2 nitrogen and oxygen atoms in total. The van der Waals surface area contributed by atoms with Crippen LogP contribution in [0, 0.1) is 0 Å². The zero-order valence-electron chi connectivity index (χ0n) is 11.9. The molecule has 0 fully saturated rings. The molecule has 0 bridgehead atoms. The Balaban J connectivity index is 1.88. The Kier molecular flexibility index (Phi) is 3.75. The molecule has 20 heavy (non-hydrogen) atoms. The third-order valence-electron chi connectivity index (χ3n) is 3.96. The summed E-state index contributed by atoms with van der Waals surface area (Å²) in [6, 6.07) is 14.4. The van der Waals surface area contributed by atoms with Crippen LogP contribution in [0.2, 0.25) is 0 Å². The Bertz CT molecular complexity index is 604. The van der Waals surface area contributed by atoms with E-state index >= 15 is 0 Å². The summed E-state index contributed by atoms with van der Waals surface area (Å²) in [7, 11) is 0. The number of ether oxygens (including phenoxy) is 1. The van der Waals surface area contributed by atoms with E-state index in [1.165, 1.54) is 36.8 Å². The molecule has 2 aromatic carbocycles. The van der Waals surface area contributed by atoms with Crippen LogP contribution in [0.25, 0.3) is 0 Å². The van der Waals surface area contributed by atoms with Crippen LogP contribution >= 0.6 is 0 Å². The molecule has 0 aliphatic heterocycles. The fraction of sp³-hybridized carbons (Fsp3) is 0.333. The fourth-order valence-corrected chi connectivity index (χ4v) is 2.85. The van der Waals surface area contributed by atoms with Gasteiger partial charge in [0.2, 0.25) is 0 Å². The number of rotatable bonds is 3. The van der Waals surface area contributed by atoms with Crippen molar-refractivity contribution in [3.8, 4) is 11.5 Å². The Hall–Kier alpha value is -1.80. The predicted molar refractivity (Wildman–Crippen MR) is 82.2 cm³/mol. The van der Waals surface area contributed by atoms with Crippen molar-refractivity contribution in [3.63, 3.8) is 0 Å². The van der Waals surface area contributed by atoms with Gasteiger partial charge in [0.15, 0.2) is 0 Å². The van der Waals surface area contributed by atoms with Crippen LogP contribution in [0.1, 0.15) is 42.5 Å². The highest BCUT2D eigenvalue weighted by Gasteiger charge is 2.12. The number of para-hydroxylation sites is 1. The zero-order chi connectivity index (χ0) is 13.9. The van der Waals surface area contributed by atoms with Gasteiger partial charge in [-0.3, -0.25) is 0 Å². The predicted octanol–water partition coefficient (Wildman–Crippen LogP) is 4.38. The van der Waals surface area contributed by atoms with E-state index in [0.717, 1.165) is 17.1 Å². The Morgan fingerprint density at radius 2 is 1.75 bits per heavy atom. The second-order valence-corrected chi connectivity index (χ2v) is 5.57. The van der Waals surface area contributed by atoms with Crippen molar-refractivity contribution in [3.05, 3.63) is 59.2 Å².